The summed E-state index contributed by atoms with van der Waals surface area (Å²) in [7, 11) is 0. The Bertz CT molecular complexity index is 1820. The van der Waals surface area contributed by atoms with E-state index in [1.54, 1.807) is 55.7 Å². The minimum atomic E-state index is -0.654. The molecule has 0 unspecified atom stereocenters. The fourth-order valence-electron chi connectivity index (χ4n) is 5.08. The van der Waals surface area contributed by atoms with Gasteiger partial charge >= 0.3 is 5.97 Å². The number of anilines is 2. The van der Waals surface area contributed by atoms with Crippen LogP contribution >= 0.6 is 0 Å². The molecule has 1 fully saturated rings. The molecule has 0 spiro atoms. The Morgan fingerprint density at radius 2 is 1.67 bits per heavy atom. The molecule has 1 aliphatic rings. The zero-order valence-corrected chi connectivity index (χ0v) is 24.0. The van der Waals surface area contributed by atoms with Crippen LogP contribution in [0.3, 0.4) is 0 Å². The summed E-state index contributed by atoms with van der Waals surface area (Å²) in [5.74, 6) is 0.0619. The van der Waals surface area contributed by atoms with Crippen LogP contribution in [-0.2, 0) is 16.1 Å². The van der Waals surface area contributed by atoms with Crippen molar-refractivity contribution in [2.24, 2.45) is 0 Å². The van der Waals surface area contributed by atoms with E-state index in [-0.39, 0.29) is 17.9 Å². The van der Waals surface area contributed by atoms with Gasteiger partial charge < -0.3 is 29.3 Å². The minimum absolute atomic E-state index is 0.106. The number of carbonyl (C=O) groups is 2. The van der Waals surface area contributed by atoms with Gasteiger partial charge in [-0.3, -0.25) is 9.59 Å². The molecule has 0 saturated carbocycles. The molecule has 5 aromatic rings. The van der Waals surface area contributed by atoms with E-state index in [4.69, 9.17) is 14.7 Å². The molecule has 14 heteroatoms. The van der Waals surface area contributed by atoms with Gasteiger partial charge in [0.25, 0.3) is 0 Å². The van der Waals surface area contributed by atoms with Gasteiger partial charge in [0.2, 0.25) is 5.95 Å². The number of imidazole rings is 1. The van der Waals surface area contributed by atoms with E-state index in [1.165, 1.54) is 11.0 Å². The maximum absolute atomic E-state index is 12.7. The standard InChI is InChI=1S/C29H31N9O5/c1-29(2,3)43-23(42)15-37-17-30-25-26(37)31-28(36-13-11-35(12-14-36)18-7-9-19(40)10-8-18)32-27(25)38-21-6-4-5-20(22(41)16-39)24(21)33-34-38/h4-10,17,39-40H,11-16H2,1-3H3. The first-order valence-electron chi connectivity index (χ1n) is 13.8. The topological polar surface area (TPSA) is 165 Å². The summed E-state index contributed by atoms with van der Waals surface area (Å²) in [6.45, 7) is 7.26. The van der Waals surface area contributed by atoms with Crippen molar-refractivity contribution in [3.8, 4) is 11.6 Å². The van der Waals surface area contributed by atoms with Crippen LogP contribution in [0.1, 0.15) is 31.1 Å². The average Bonchev–Trinajstić information content (AvgIpc) is 3.60. The summed E-state index contributed by atoms with van der Waals surface area (Å²) in [5, 5.41) is 27.6. The molecule has 0 aliphatic carbocycles. The molecule has 2 aromatic carbocycles. The number of aliphatic hydroxyl groups excluding tert-OH is 1. The molecule has 43 heavy (non-hydrogen) atoms. The molecule has 0 amide bonds. The van der Waals surface area contributed by atoms with E-state index in [2.05, 4.69) is 20.2 Å². The van der Waals surface area contributed by atoms with E-state index in [1.807, 2.05) is 17.0 Å². The molecule has 1 saturated heterocycles. The summed E-state index contributed by atoms with van der Waals surface area (Å²) in [5.41, 5.74) is 2.23. The number of ether oxygens (including phenoxy) is 1. The lowest BCUT2D eigenvalue weighted by molar-refractivity contribution is -0.155. The molecule has 3 aromatic heterocycles. The highest BCUT2D eigenvalue weighted by molar-refractivity contribution is 6.06. The smallest absolute Gasteiger partial charge is 0.326 e. The lowest BCUT2D eigenvalue weighted by Gasteiger charge is -2.36. The fraction of sp³-hybridized carbons (Fsp3) is 0.345. The first-order valence-corrected chi connectivity index (χ1v) is 13.8. The molecule has 2 N–H and O–H groups in total. The van der Waals surface area contributed by atoms with Gasteiger partial charge in [0.05, 0.1) is 11.8 Å². The molecular weight excluding hydrogens is 554 g/mol. The third-order valence-corrected chi connectivity index (χ3v) is 7.05. The molecule has 0 atom stereocenters. The van der Waals surface area contributed by atoms with Crippen molar-refractivity contribution < 1.29 is 24.5 Å². The number of carbonyl (C=O) groups excluding carboxylic acids is 2. The van der Waals surface area contributed by atoms with Crippen molar-refractivity contribution in [1.29, 1.82) is 0 Å². The maximum atomic E-state index is 12.7. The van der Waals surface area contributed by atoms with Crippen molar-refractivity contribution in [3.05, 3.63) is 54.4 Å². The lowest BCUT2D eigenvalue weighted by Crippen LogP contribution is -2.47. The van der Waals surface area contributed by atoms with Gasteiger partial charge in [-0.1, -0.05) is 11.3 Å². The van der Waals surface area contributed by atoms with E-state index < -0.39 is 24.0 Å². The Kier molecular flexibility index (Phi) is 7.13. The Morgan fingerprint density at radius 3 is 2.37 bits per heavy atom. The van der Waals surface area contributed by atoms with Crippen LogP contribution in [0.4, 0.5) is 11.6 Å². The number of Topliss-reactive ketones (excluding diaryl/α,β-unsaturated/α-hetero) is 1. The van der Waals surface area contributed by atoms with E-state index in [0.717, 1.165) is 5.69 Å². The van der Waals surface area contributed by atoms with Gasteiger partial charge in [-0.05, 0) is 57.2 Å². The van der Waals surface area contributed by atoms with Gasteiger partial charge in [-0.25, -0.2) is 4.98 Å². The number of phenolic OH excluding ortho intramolecular Hbond substituents is 1. The largest absolute Gasteiger partial charge is 0.508 e. The summed E-state index contributed by atoms with van der Waals surface area (Å²) < 4.78 is 8.64. The predicted molar refractivity (Wildman–Crippen MR) is 158 cm³/mol. The number of fused-ring (bicyclic) bond motifs is 2. The number of esters is 1. The molecule has 0 bridgehead atoms. The van der Waals surface area contributed by atoms with Crippen LogP contribution in [0, 0.1) is 0 Å². The van der Waals surface area contributed by atoms with E-state index in [9.17, 15) is 19.8 Å². The SMILES string of the molecule is CC(C)(C)OC(=O)Cn1cnc2c(-n3nnc4c(C(=O)CO)cccc43)nc(N3CCN(c4ccc(O)cc4)CC3)nc21. The van der Waals surface area contributed by atoms with Crippen LogP contribution in [0.2, 0.25) is 0 Å². The monoisotopic (exact) mass is 585 g/mol. The Balaban J connectivity index is 1.41. The Morgan fingerprint density at radius 1 is 0.953 bits per heavy atom. The van der Waals surface area contributed by atoms with Gasteiger partial charge in [0, 0.05) is 37.4 Å². The van der Waals surface area contributed by atoms with Gasteiger partial charge in [0.15, 0.2) is 22.8 Å². The number of ketones is 1. The third kappa shape index (κ3) is 5.56. The predicted octanol–water partition coefficient (Wildman–Crippen LogP) is 2.11. The van der Waals surface area contributed by atoms with Crippen molar-refractivity contribution in [2.75, 3.05) is 42.6 Å². The quantitative estimate of drug-likeness (QED) is 0.211. The number of aromatic hydroxyl groups is 1. The van der Waals surface area contributed by atoms with E-state index in [0.29, 0.717) is 60.1 Å². The second-order valence-corrected chi connectivity index (χ2v) is 11.2. The Hall–Kier alpha value is -5.11. The third-order valence-electron chi connectivity index (χ3n) is 7.05. The first-order chi connectivity index (χ1) is 20.6. The number of rotatable bonds is 7. The highest BCUT2D eigenvalue weighted by Crippen LogP contribution is 2.27. The second-order valence-electron chi connectivity index (χ2n) is 11.2. The molecular formula is C29H31N9O5. The summed E-state index contributed by atoms with van der Waals surface area (Å²) in [4.78, 5) is 43.6. The first kappa shape index (κ1) is 28.0. The molecule has 4 heterocycles. The van der Waals surface area contributed by atoms with Crippen molar-refractivity contribution in [1.82, 2.24) is 34.5 Å². The molecule has 222 valence electrons. The van der Waals surface area contributed by atoms with Crippen molar-refractivity contribution in [2.45, 2.75) is 32.9 Å². The van der Waals surface area contributed by atoms with Gasteiger partial charge in [0.1, 0.15) is 30.0 Å². The number of nitrogens with zero attached hydrogens (tertiary/aromatic N) is 9. The second kappa shape index (κ2) is 10.9. The molecule has 1 aliphatic heterocycles. The van der Waals surface area contributed by atoms with Crippen LogP contribution in [0.15, 0.2) is 48.8 Å². The number of hydrogen-bond acceptors (Lipinski definition) is 12. The number of hydrogen-bond donors (Lipinski definition) is 2. The highest BCUT2D eigenvalue weighted by Gasteiger charge is 2.26. The van der Waals surface area contributed by atoms with Crippen molar-refractivity contribution in [3.63, 3.8) is 0 Å². The van der Waals surface area contributed by atoms with Crippen LogP contribution in [0.25, 0.3) is 28.0 Å². The van der Waals surface area contributed by atoms with Crippen LogP contribution in [-0.4, -0.2) is 94.9 Å². The van der Waals surface area contributed by atoms with Gasteiger partial charge in [-0.2, -0.15) is 14.6 Å². The van der Waals surface area contributed by atoms with Crippen molar-refractivity contribution >= 4 is 45.6 Å². The molecule has 14 nitrogen and oxygen atoms in total. The number of aliphatic hydroxyl groups is 1. The van der Waals surface area contributed by atoms with Gasteiger partial charge in [-0.15, -0.1) is 5.10 Å². The lowest BCUT2D eigenvalue weighted by atomic mass is 10.1. The minimum Gasteiger partial charge on any atom is -0.508 e. The number of piperazine rings is 1. The fourth-order valence-corrected chi connectivity index (χ4v) is 5.08. The summed E-state index contributed by atoms with van der Waals surface area (Å²) in [6.07, 6.45) is 1.51. The molecule has 6 rings (SSSR count). The normalized spacial score (nSPS) is 14.0. The Labute approximate surface area is 246 Å². The maximum Gasteiger partial charge on any atom is 0.326 e. The summed E-state index contributed by atoms with van der Waals surface area (Å²) >= 11 is 0. The highest BCUT2D eigenvalue weighted by atomic mass is 16.6. The number of aromatic nitrogens is 7. The van der Waals surface area contributed by atoms with Crippen LogP contribution in [0.5, 0.6) is 5.75 Å². The molecule has 0 radical (unpaired) electrons. The number of phenols is 1. The summed E-state index contributed by atoms with van der Waals surface area (Å²) in [6, 6.07) is 12.1. The van der Waals surface area contributed by atoms with E-state index >= 15 is 0 Å². The average molecular weight is 586 g/mol. The number of benzene rings is 2. The zero-order chi connectivity index (χ0) is 30.3. The zero-order valence-electron chi connectivity index (χ0n) is 24.0. The van der Waals surface area contributed by atoms with Crippen LogP contribution < -0.4 is 9.80 Å².